The minimum Gasteiger partial charge on any atom is -0.310 e. The van der Waals surface area contributed by atoms with Crippen LogP contribution in [-0.2, 0) is 21.7 Å². The standard InChI is InChI=1S/C65H59BN4/c1-62(2,3)38-22-25-53-45(30-38)47-32-40(64(7,8)9)34-49-59(47)68(53)56-28-37(36-21-24-51-55(27-36)70-52-20-16-15-18-43(52)42-17-13-14-19-44(42)61(70)67-51)29-57-58(56)66(49)50-35-41(65(10,11)12)33-48-46-31-39(63(4,5)6)23-26-54(46)69(57)60(48)50/h13-35H,1-12H3. The zero-order valence-electron chi connectivity index (χ0n) is 42.6. The van der Waals surface area contributed by atoms with Crippen LogP contribution in [0.1, 0.15) is 105 Å². The SMILES string of the molecule is CC(C)(C)c1ccc2c(c1)c1cc(C(C)(C)C)cc3c1n2-c1cc(-c2ccc4nc5c6ccccc6c6ccccc6n5c4c2)cc2c1B3c1cc(C(C)(C)C)cc3c4cc(C(C)(C)C)ccc4n-2c13. The first-order valence-corrected chi connectivity index (χ1v) is 25.4. The summed E-state index contributed by atoms with van der Waals surface area (Å²) < 4.78 is 7.71. The number of hydrogen-bond acceptors (Lipinski definition) is 1. The molecular weight excluding hydrogens is 848 g/mol. The molecule has 0 saturated heterocycles. The second-order valence-corrected chi connectivity index (χ2v) is 25.0. The number of nitrogens with zero attached hydrogens (tertiary/aromatic N) is 4. The van der Waals surface area contributed by atoms with Crippen LogP contribution in [0.5, 0.6) is 0 Å². The van der Waals surface area contributed by atoms with Crippen molar-refractivity contribution in [3.05, 3.63) is 162 Å². The van der Waals surface area contributed by atoms with E-state index in [1.54, 1.807) is 0 Å². The van der Waals surface area contributed by atoms with Crippen LogP contribution in [0.2, 0.25) is 0 Å². The van der Waals surface area contributed by atoms with Gasteiger partial charge in [-0.25, -0.2) is 4.98 Å². The van der Waals surface area contributed by atoms with Gasteiger partial charge < -0.3 is 9.13 Å². The zero-order chi connectivity index (χ0) is 48.3. The topological polar surface area (TPSA) is 27.2 Å². The Kier molecular flexibility index (Phi) is 8.01. The lowest BCUT2D eigenvalue weighted by atomic mass is 9.34. The van der Waals surface area contributed by atoms with Crippen molar-refractivity contribution in [2.75, 3.05) is 0 Å². The second-order valence-electron chi connectivity index (χ2n) is 25.0. The Hall–Kier alpha value is -7.11. The molecule has 2 aliphatic heterocycles. The van der Waals surface area contributed by atoms with Crippen LogP contribution >= 0.6 is 0 Å². The highest BCUT2D eigenvalue weighted by Gasteiger charge is 2.43. The maximum atomic E-state index is 5.36. The predicted octanol–water partition coefficient (Wildman–Crippen LogP) is 15.0. The summed E-state index contributed by atoms with van der Waals surface area (Å²) in [5, 5.41) is 8.97. The van der Waals surface area contributed by atoms with Gasteiger partial charge in [-0.05, 0) is 144 Å². The molecular formula is C65H59BN4. The first kappa shape index (κ1) is 41.8. The fraction of sp³-hybridized carbons (Fsp3) is 0.246. The third kappa shape index (κ3) is 5.58. The van der Waals surface area contributed by atoms with Gasteiger partial charge in [-0.3, -0.25) is 4.40 Å². The van der Waals surface area contributed by atoms with E-state index in [4.69, 9.17) is 4.98 Å². The summed E-state index contributed by atoms with van der Waals surface area (Å²) in [5.74, 6) is 0. The lowest BCUT2D eigenvalue weighted by Gasteiger charge is -2.36. The Morgan fingerprint density at radius 2 is 0.857 bits per heavy atom. The van der Waals surface area contributed by atoms with Gasteiger partial charge in [0.05, 0.1) is 27.6 Å². The maximum absolute atomic E-state index is 5.36. The summed E-state index contributed by atoms with van der Waals surface area (Å²) in [5.41, 5.74) is 23.9. The van der Waals surface area contributed by atoms with Crippen LogP contribution in [0, 0.1) is 0 Å². The van der Waals surface area contributed by atoms with E-state index in [1.165, 1.54) is 126 Å². The van der Waals surface area contributed by atoms with Gasteiger partial charge in [0.1, 0.15) is 5.65 Å². The van der Waals surface area contributed by atoms with E-state index >= 15 is 0 Å². The fourth-order valence-electron chi connectivity index (χ4n) is 12.5. The number of imidazole rings is 1. The molecule has 4 nitrogen and oxygen atoms in total. The van der Waals surface area contributed by atoms with Crippen LogP contribution < -0.4 is 16.4 Å². The summed E-state index contributed by atoms with van der Waals surface area (Å²) in [6.45, 7) is 28.3. The molecule has 0 amide bonds. The van der Waals surface area contributed by atoms with Crippen molar-refractivity contribution in [3.8, 4) is 22.5 Å². The van der Waals surface area contributed by atoms with Gasteiger partial charge in [0.25, 0.3) is 6.71 Å². The predicted molar refractivity (Wildman–Crippen MR) is 301 cm³/mol. The third-order valence-corrected chi connectivity index (χ3v) is 16.4. The molecule has 0 spiro atoms. The molecule has 342 valence electrons. The first-order valence-electron chi connectivity index (χ1n) is 25.4. The molecule has 0 N–H and O–H groups in total. The number of aromatic nitrogens is 4. The third-order valence-electron chi connectivity index (χ3n) is 16.4. The largest absolute Gasteiger partial charge is 0.310 e. The summed E-state index contributed by atoms with van der Waals surface area (Å²) in [4.78, 5) is 5.36. The number of pyridine rings is 1. The Bertz CT molecular complexity index is 4150. The average molecular weight is 907 g/mol. The maximum Gasteiger partial charge on any atom is 0.252 e. The van der Waals surface area contributed by atoms with Gasteiger partial charge in [-0.1, -0.05) is 156 Å². The number of fused-ring (bicyclic) bond motifs is 18. The van der Waals surface area contributed by atoms with Crippen molar-refractivity contribution < 1.29 is 0 Å². The highest BCUT2D eigenvalue weighted by atomic mass is 15.0. The van der Waals surface area contributed by atoms with Gasteiger partial charge >= 0.3 is 0 Å². The van der Waals surface area contributed by atoms with E-state index in [0.29, 0.717) is 0 Å². The second kappa shape index (κ2) is 13.4. The summed E-state index contributed by atoms with van der Waals surface area (Å²) >= 11 is 0. The lowest BCUT2D eigenvalue weighted by Crippen LogP contribution is -2.59. The van der Waals surface area contributed by atoms with Gasteiger partial charge in [0.15, 0.2) is 0 Å². The van der Waals surface area contributed by atoms with Crippen LogP contribution in [0.4, 0.5) is 0 Å². The molecule has 5 heteroatoms. The van der Waals surface area contributed by atoms with Crippen LogP contribution in [0.25, 0.3) is 104 Å². The molecule has 0 unspecified atom stereocenters. The minimum atomic E-state index is -0.0582. The summed E-state index contributed by atoms with van der Waals surface area (Å²) in [6.07, 6.45) is 0. The van der Waals surface area contributed by atoms with Crippen molar-refractivity contribution in [1.82, 2.24) is 18.5 Å². The molecule has 0 saturated carbocycles. The fourth-order valence-corrected chi connectivity index (χ4v) is 12.5. The molecule has 12 aromatic rings. The molecule has 0 atom stereocenters. The number of benzene rings is 8. The Morgan fingerprint density at radius 3 is 1.39 bits per heavy atom. The highest BCUT2D eigenvalue weighted by molar-refractivity contribution is 7.00. The Labute approximate surface area is 410 Å². The van der Waals surface area contributed by atoms with Gasteiger partial charge in [-0.2, -0.15) is 0 Å². The van der Waals surface area contributed by atoms with Crippen LogP contribution in [0.15, 0.2) is 140 Å². The quantitative estimate of drug-likeness (QED) is 0.119. The van der Waals surface area contributed by atoms with E-state index in [2.05, 4.69) is 236 Å². The molecule has 0 aliphatic carbocycles. The number of hydrogen-bond donors (Lipinski definition) is 0. The van der Waals surface area contributed by atoms with Crippen molar-refractivity contribution in [3.63, 3.8) is 0 Å². The van der Waals surface area contributed by atoms with Crippen molar-refractivity contribution in [1.29, 1.82) is 0 Å². The molecule has 0 radical (unpaired) electrons. The molecule has 8 aromatic carbocycles. The van der Waals surface area contributed by atoms with Crippen LogP contribution in [0.3, 0.4) is 0 Å². The van der Waals surface area contributed by atoms with Crippen molar-refractivity contribution in [2.24, 2.45) is 0 Å². The van der Waals surface area contributed by atoms with E-state index in [0.717, 1.165) is 16.7 Å². The van der Waals surface area contributed by atoms with E-state index in [-0.39, 0.29) is 28.4 Å². The molecule has 14 rings (SSSR count). The molecule has 0 fully saturated rings. The van der Waals surface area contributed by atoms with Crippen molar-refractivity contribution in [2.45, 2.75) is 105 Å². The minimum absolute atomic E-state index is 0.00149. The molecule has 6 heterocycles. The normalized spacial score (nSPS) is 14.0. The van der Waals surface area contributed by atoms with E-state index in [9.17, 15) is 0 Å². The first-order chi connectivity index (χ1) is 33.2. The monoisotopic (exact) mass is 906 g/mol. The summed E-state index contributed by atoms with van der Waals surface area (Å²) in [7, 11) is 0. The average Bonchev–Trinajstić information content (AvgIpc) is 3.98. The number of rotatable bonds is 1. The lowest BCUT2D eigenvalue weighted by molar-refractivity contribution is 0.590. The molecule has 4 aromatic heterocycles. The summed E-state index contributed by atoms with van der Waals surface area (Å²) in [6, 6.07) is 54.4. The molecule has 0 bridgehead atoms. The molecule has 70 heavy (non-hydrogen) atoms. The van der Waals surface area contributed by atoms with Crippen LogP contribution in [-0.4, -0.2) is 25.2 Å². The van der Waals surface area contributed by atoms with Gasteiger partial charge in [-0.15, -0.1) is 0 Å². The Balaban J connectivity index is 1.16. The van der Waals surface area contributed by atoms with E-state index < -0.39 is 0 Å². The smallest absolute Gasteiger partial charge is 0.252 e. The van der Waals surface area contributed by atoms with Crippen molar-refractivity contribution >= 4 is 105 Å². The van der Waals surface area contributed by atoms with Gasteiger partial charge in [0, 0.05) is 54.7 Å². The zero-order valence-corrected chi connectivity index (χ0v) is 42.6. The van der Waals surface area contributed by atoms with E-state index in [1.807, 2.05) is 0 Å². The Morgan fingerprint density at radius 1 is 0.371 bits per heavy atom. The highest BCUT2D eigenvalue weighted by Crippen LogP contribution is 2.45. The number of para-hydroxylation sites is 1. The van der Waals surface area contributed by atoms with Gasteiger partial charge in [0.2, 0.25) is 0 Å². The molecule has 2 aliphatic rings.